The number of amides is 2. The fraction of sp³-hybridized carbons (Fsp3) is 0.250. The van der Waals surface area contributed by atoms with Crippen LogP contribution in [0, 0.1) is 0 Å². The van der Waals surface area contributed by atoms with Crippen LogP contribution in [0.15, 0.2) is 35.7 Å². The van der Waals surface area contributed by atoms with E-state index < -0.39 is 5.41 Å². The summed E-state index contributed by atoms with van der Waals surface area (Å²) in [7, 11) is 0. The third-order valence-corrected chi connectivity index (χ3v) is 4.64. The van der Waals surface area contributed by atoms with Gasteiger partial charge in [0.2, 0.25) is 5.91 Å². The molecule has 5 heteroatoms. The summed E-state index contributed by atoms with van der Waals surface area (Å²) in [6.45, 7) is 4.26. The van der Waals surface area contributed by atoms with Gasteiger partial charge in [-0.3, -0.25) is 9.59 Å². The lowest BCUT2D eigenvalue weighted by molar-refractivity contribution is -0.119. The van der Waals surface area contributed by atoms with E-state index >= 15 is 0 Å². The second-order valence-corrected chi connectivity index (χ2v) is 6.57. The molecule has 3 rings (SSSR count). The molecule has 0 fully saturated rings. The molecule has 108 valence electrons. The number of rotatable bonds is 3. The van der Waals surface area contributed by atoms with E-state index in [9.17, 15) is 9.59 Å². The zero-order valence-electron chi connectivity index (χ0n) is 11.9. The average molecular weight is 300 g/mol. The first-order chi connectivity index (χ1) is 9.98. The monoisotopic (exact) mass is 300 g/mol. The second kappa shape index (κ2) is 5.00. The Balaban J connectivity index is 1.75. The van der Waals surface area contributed by atoms with Crippen LogP contribution in [0.2, 0.25) is 0 Å². The quantitative estimate of drug-likeness (QED) is 0.915. The first-order valence-corrected chi connectivity index (χ1v) is 7.63. The molecule has 1 aliphatic heterocycles. The fourth-order valence-corrected chi connectivity index (χ4v) is 3.05. The Morgan fingerprint density at radius 3 is 2.86 bits per heavy atom. The summed E-state index contributed by atoms with van der Waals surface area (Å²) in [6.07, 6.45) is 0. The van der Waals surface area contributed by atoms with Gasteiger partial charge in [0.1, 0.15) is 0 Å². The van der Waals surface area contributed by atoms with Crippen LogP contribution in [0.4, 0.5) is 5.69 Å². The Labute approximate surface area is 127 Å². The number of hydrogen-bond acceptors (Lipinski definition) is 3. The third kappa shape index (κ3) is 2.45. The molecule has 0 aliphatic carbocycles. The van der Waals surface area contributed by atoms with E-state index in [2.05, 4.69) is 10.6 Å². The highest BCUT2D eigenvalue weighted by atomic mass is 32.1. The summed E-state index contributed by atoms with van der Waals surface area (Å²) >= 11 is 1.42. The highest BCUT2D eigenvalue weighted by Crippen LogP contribution is 2.37. The van der Waals surface area contributed by atoms with Crippen LogP contribution in [0.3, 0.4) is 0 Å². The molecule has 1 aromatic heterocycles. The minimum absolute atomic E-state index is 0.0114. The van der Waals surface area contributed by atoms with Gasteiger partial charge in [-0.1, -0.05) is 18.2 Å². The van der Waals surface area contributed by atoms with Crippen molar-refractivity contribution in [2.75, 3.05) is 5.32 Å². The minimum Gasteiger partial charge on any atom is -0.347 e. The average Bonchev–Trinajstić information content (AvgIpc) is 3.05. The van der Waals surface area contributed by atoms with Crippen LogP contribution < -0.4 is 10.6 Å². The molecule has 2 N–H and O–H groups in total. The Morgan fingerprint density at radius 1 is 1.33 bits per heavy atom. The molecule has 21 heavy (non-hydrogen) atoms. The molecule has 0 saturated heterocycles. The highest BCUT2D eigenvalue weighted by molar-refractivity contribution is 7.12. The van der Waals surface area contributed by atoms with E-state index in [-0.39, 0.29) is 11.8 Å². The number of benzene rings is 1. The van der Waals surface area contributed by atoms with E-state index in [0.29, 0.717) is 11.4 Å². The molecule has 0 saturated carbocycles. The topological polar surface area (TPSA) is 58.2 Å². The lowest BCUT2D eigenvalue weighted by Gasteiger charge is -2.16. The van der Waals surface area contributed by atoms with Gasteiger partial charge in [0.15, 0.2) is 0 Å². The van der Waals surface area contributed by atoms with Gasteiger partial charge in [-0.15, -0.1) is 11.3 Å². The summed E-state index contributed by atoms with van der Waals surface area (Å²) in [5, 5.41) is 7.65. The normalized spacial score (nSPS) is 15.4. The molecule has 0 bridgehead atoms. The summed E-state index contributed by atoms with van der Waals surface area (Å²) in [5.41, 5.74) is 2.31. The summed E-state index contributed by atoms with van der Waals surface area (Å²) in [4.78, 5) is 24.5. The predicted octanol–water partition coefficient (Wildman–Crippen LogP) is 2.91. The van der Waals surface area contributed by atoms with E-state index in [1.807, 2.05) is 43.5 Å². The smallest absolute Gasteiger partial charge is 0.261 e. The van der Waals surface area contributed by atoms with Crippen molar-refractivity contribution < 1.29 is 9.59 Å². The molecule has 0 spiro atoms. The van der Waals surface area contributed by atoms with Crippen molar-refractivity contribution in [3.63, 3.8) is 0 Å². The van der Waals surface area contributed by atoms with Gasteiger partial charge in [-0.05, 0) is 42.5 Å². The first-order valence-electron chi connectivity index (χ1n) is 6.75. The highest BCUT2D eigenvalue weighted by Gasteiger charge is 2.38. The molecular formula is C16H16N2O2S. The van der Waals surface area contributed by atoms with Crippen molar-refractivity contribution in [1.29, 1.82) is 0 Å². The zero-order chi connectivity index (χ0) is 15.0. The number of carbonyl (C=O) groups is 2. The van der Waals surface area contributed by atoms with Crippen LogP contribution >= 0.6 is 11.3 Å². The van der Waals surface area contributed by atoms with Crippen LogP contribution in [-0.4, -0.2) is 11.8 Å². The van der Waals surface area contributed by atoms with Gasteiger partial charge in [0, 0.05) is 12.2 Å². The van der Waals surface area contributed by atoms with Gasteiger partial charge < -0.3 is 10.6 Å². The lowest BCUT2D eigenvalue weighted by atomic mass is 9.85. The van der Waals surface area contributed by atoms with Crippen molar-refractivity contribution in [2.24, 2.45) is 0 Å². The maximum atomic E-state index is 11.9. The Kier molecular flexibility index (Phi) is 3.29. The summed E-state index contributed by atoms with van der Waals surface area (Å²) in [5.74, 6) is -0.0590. The molecule has 2 heterocycles. The van der Waals surface area contributed by atoms with Gasteiger partial charge in [0.25, 0.3) is 5.91 Å². The Hall–Kier alpha value is -2.14. The zero-order valence-corrected chi connectivity index (χ0v) is 12.7. The van der Waals surface area contributed by atoms with Crippen LogP contribution in [0.1, 0.15) is 34.6 Å². The van der Waals surface area contributed by atoms with Crippen molar-refractivity contribution >= 4 is 28.8 Å². The van der Waals surface area contributed by atoms with E-state index in [0.717, 1.165) is 16.8 Å². The molecule has 4 nitrogen and oxygen atoms in total. The third-order valence-electron chi connectivity index (χ3n) is 3.77. The number of carbonyl (C=O) groups excluding carboxylic acids is 2. The minimum atomic E-state index is -0.525. The molecule has 0 unspecified atom stereocenters. The molecule has 1 aliphatic rings. The molecule has 0 atom stereocenters. The lowest BCUT2D eigenvalue weighted by Crippen LogP contribution is -2.27. The Bertz CT molecular complexity index is 705. The number of nitrogens with one attached hydrogen (secondary N) is 2. The van der Waals surface area contributed by atoms with Gasteiger partial charge in [-0.2, -0.15) is 0 Å². The van der Waals surface area contributed by atoms with Gasteiger partial charge in [0.05, 0.1) is 10.3 Å². The predicted molar refractivity (Wildman–Crippen MR) is 83.6 cm³/mol. The Morgan fingerprint density at radius 2 is 2.14 bits per heavy atom. The van der Waals surface area contributed by atoms with Crippen molar-refractivity contribution in [3.8, 4) is 0 Å². The number of hydrogen-bond donors (Lipinski definition) is 2. The maximum absolute atomic E-state index is 11.9. The van der Waals surface area contributed by atoms with Gasteiger partial charge in [-0.25, -0.2) is 0 Å². The molecular weight excluding hydrogens is 284 g/mol. The number of thiophene rings is 1. The van der Waals surface area contributed by atoms with Crippen molar-refractivity contribution in [3.05, 3.63) is 51.7 Å². The van der Waals surface area contributed by atoms with Crippen molar-refractivity contribution in [1.82, 2.24) is 5.32 Å². The number of anilines is 1. The standard InChI is InChI=1S/C16H16N2O2S/c1-16(2)11-8-10(5-6-12(11)18-15(16)20)9-17-14(19)13-4-3-7-21-13/h3-8H,9H2,1-2H3,(H,17,19)(H,18,20). The second-order valence-electron chi connectivity index (χ2n) is 5.62. The fourth-order valence-electron chi connectivity index (χ4n) is 2.41. The van der Waals surface area contributed by atoms with Crippen LogP contribution in [0.5, 0.6) is 0 Å². The summed E-state index contributed by atoms with van der Waals surface area (Å²) in [6, 6.07) is 9.47. The van der Waals surface area contributed by atoms with Crippen molar-refractivity contribution in [2.45, 2.75) is 25.8 Å². The van der Waals surface area contributed by atoms with E-state index in [1.54, 1.807) is 6.07 Å². The SMILES string of the molecule is CC1(C)C(=O)Nc2ccc(CNC(=O)c3cccs3)cc21. The molecule has 1 aromatic carbocycles. The summed E-state index contributed by atoms with van der Waals surface area (Å²) < 4.78 is 0. The van der Waals surface area contributed by atoms with E-state index in [1.165, 1.54) is 11.3 Å². The van der Waals surface area contributed by atoms with Crippen LogP contribution in [-0.2, 0) is 16.8 Å². The van der Waals surface area contributed by atoms with E-state index in [4.69, 9.17) is 0 Å². The molecule has 0 radical (unpaired) electrons. The molecule has 2 aromatic rings. The largest absolute Gasteiger partial charge is 0.347 e. The first kappa shape index (κ1) is 13.8. The van der Waals surface area contributed by atoms with Gasteiger partial charge >= 0.3 is 0 Å². The van der Waals surface area contributed by atoms with Crippen LogP contribution in [0.25, 0.3) is 0 Å². The number of fused-ring (bicyclic) bond motifs is 1. The maximum Gasteiger partial charge on any atom is 0.261 e. The molecule has 2 amide bonds.